The summed E-state index contributed by atoms with van der Waals surface area (Å²) in [5.74, 6) is -3.54. The van der Waals surface area contributed by atoms with E-state index < -0.39 is 77.0 Å². The van der Waals surface area contributed by atoms with Crippen LogP contribution in [0.1, 0.15) is 93.4 Å². The van der Waals surface area contributed by atoms with E-state index >= 15 is 0 Å². The van der Waals surface area contributed by atoms with E-state index in [-0.39, 0.29) is 62.3 Å². The zero-order valence-electron chi connectivity index (χ0n) is 28.8. The molecular formula is C34H48O14. The Morgan fingerprint density at radius 3 is 2.15 bits per heavy atom. The summed E-state index contributed by atoms with van der Waals surface area (Å²) in [5, 5.41) is 0. The average molecular weight is 681 g/mol. The van der Waals surface area contributed by atoms with Crippen molar-refractivity contribution in [2.24, 2.45) is 28.6 Å². The van der Waals surface area contributed by atoms with Crippen LogP contribution in [0.5, 0.6) is 0 Å². The van der Waals surface area contributed by atoms with Gasteiger partial charge in [-0.1, -0.05) is 13.8 Å². The summed E-state index contributed by atoms with van der Waals surface area (Å²) in [7, 11) is 0. The molecule has 3 saturated heterocycles. The van der Waals surface area contributed by atoms with E-state index in [9.17, 15) is 28.8 Å². The first-order chi connectivity index (χ1) is 22.5. The smallest absolute Gasteiger partial charge is 0.309 e. The number of rotatable bonds is 11. The number of carbonyl (C=O) groups is 6. The monoisotopic (exact) mass is 680 g/mol. The highest BCUT2D eigenvalue weighted by Crippen LogP contribution is 2.70. The van der Waals surface area contributed by atoms with E-state index in [1.807, 2.05) is 0 Å². The number of hydrogen-bond acceptors (Lipinski definition) is 14. The quantitative estimate of drug-likeness (QED) is 0.177. The van der Waals surface area contributed by atoms with Crippen LogP contribution >= 0.6 is 0 Å². The van der Waals surface area contributed by atoms with Gasteiger partial charge >= 0.3 is 35.8 Å². The minimum atomic E-state index is -1.04. The van der Waals surface area contributed by atoms with Crippen molar-refractivity contribution < 1.29 is 66.7 Å². The second-order valence-electron chi connectivity index (χ2n) is 14.6. The molecule has 14 nitrogen and oxygen atoms in total. The van der Waals surface area contributed by atoms with Gasteiger partial charge in [0.25, 0.3) is 0 Å². The van der Waals surface area contributed by atoms with Gasteiger partial charge in [0, 0.05) is 38.5 Å². The molecule has 12 atom stereocenters. The topological polar surface area (TPSA) is 180 Å². The zero-order valence-corrected chi connectivity index (χ0v) is 28.8. The summed E-state index contributed by atoms with van der Waals surface area (Å²) in [6, 6.07) is 0. The molecule has 5 aliphatic rings. The second kappa shape index (κ2) is 13.6. The summed E-state index contributed by atoms with van der Waals surface area (Å²) in [5.41, 5.74) is -2.59. The molecule has 0 unspecified atom stereocenters. The highest BCUT2D eigenvalue weighted by molar-refractivity contribution is 5.74. The zero-order chi connectivity index (χ0) is 35.2. The molecule has 0 bridgehead atoms. The number of fused-ring (bicyclic) bond motifs is 3. The highest BCUT2D eigenvalue weighted by atomic mass is 16.7. The molecule has 1 spiro atoms. The minimum absolute atomic E-state index is 0.0732. The van der Waals surface area contributed by atoms with E-state index in [2.05, 4.69) is 13.8 Å². The van der Waals surface area contributed by atoms with Gasteiger partial charge in [-0.25, -0.2) is 0 Å². The number of ether oxygens (including phenoxy) is 8. The van der Waals surface area contributed by atoms with Crippen molar-refractivity contribution in [2.45, 2.75) is 136 Å². The molecular weight excluding hydrogens is 632 g/mol. The van der Waals surface area contributed by atoms with Crippen LogP contribution in [0.4, 0.5) is 0 Å². The Morgan fingerprint density at radius 1 is 0.896 bits per heavy atom. The van der Waals surface area contributed by atoms with Gasteiger partial charge in [0.15, 0.2) is 0 Å². The molecule has 48 heavy (non-hydrogen) atoms. The molecule has 0 aromatic carbocycles. The van der Waals surface area contributed by atoms with Gasteiger partial charge in [-0.15, -0.1) is 0 Å². The van der Waals surface area contributed by atoms with Crippen LogP contribution in [0.25, 0.3) is 0 Å². The Bertz CT molecular complexity index is 1290. The second-order valence-corrected chi connectivity index (χ2v) is 14.6. The van der Waals surface area contributed by atoms with Crippen molar-refractivity contribution in [3.05, 3.63) is 0 Å². The summed E-state index contributed by atoms with van der Waals surface area (Å²) >= 11 is 0. The minimum Gasteiger partial charge on any atom is -0.465 e. The molecule has 3 aliphatic heterocycles. The van der Waals surface area contributed by atoms with Crippen molar-refractivity contribution in [3.63, 3.8) is 0 Å². The van der Waals surface area contributed by atoms with Gasteiger partial charge < -0.3 is 37.9 Å². The third kappa shape index (κ3) is 6.92. The average Bonchev–Trinajstić information content (AvgIpc) is 3.46. The molecule has 14 heteroatoms. The number of esters is 6. The molecule has 2 aliphatic carbocycles. The maximum absolute atomic E-state index is 13.4. The Hall–Kier alpha value is -3.26. The first-order valence-electron chi connectivity index (χ1n) is 16.8. The Kier molecular flexibility index (Phi) is 10.2. The first kappa shape index (κ1) is 36.0. The fourth-order valence-electron chi connectivity index (χ4n) is 9.08. The molecule has 0 N–H and O–H groups in total. The number of hydrogen-bond donors (Lipinski definition) is 0. The van der Waals surface area contributed by atoms with E-state index in [4.69, 9.17) is 37.9 Å². The van der Waals surface area contributed by atoms with Gasteiger partial charge in [0.1, 0.15) is 36.6 Å². The highest BCUT2D eigenvalue weighted by Gasteiger charge is 2.78. The molecule has 0 radical (unpaired) electrons. The normalized spacial score (nSPS) is 39.2. The van der Waals surface area contributed by atoms with Gasteiger partial charge in [0.05, 0.1) is 37.4 Å². The largest absolute Gasteiger partial charge is 0.465 e. The van der Waals surface area contributed by atoms with Crippen LogP contribution in [0.2, 0.25) is 0 Å². The summed E-state index contributed by atoms with van der Waals surface area (Å²) in [4.78, 5) is 73.7. The lowest BCUT2D eigenvalue weighted by atomic mass is 9.42. The third-order valence-corrected chi connectivity index (χ3v) is 11.3. The van der Waals surface area contributed by atoms with Gasteiger partial charge in [-0.05, 0) is 44.9 Å². The molecule has 268 valence electrons. The third-order valence-electron chi connectivity index (χ3n) is 11.3. The predicted octanol–water partition coefficient (Wildman–Crippen LogP) is 2.95. The van der Waals surface area contributed by atoms with E-state index in [1.165, 1.54) is 20.8 Å². The number of carbonyl (C=O) groups excluding carboxylic acids is 6. The summed E-state index contributed by atoms with van der Waals surface area (Å²) in [6.07, 6.45) is -2.16. The Labute approximate surface area is 280 Å². The molecule has 3 heterocycles. The number of epoxide rings is 1. The lowest BCUT2D eigenvalue weighted by Crippen LogP contribution is -2.70. The van der Waals surface area contributed by atoms with Crippen molar-refractivity contribution in [3.8, 4) is 0 Å². The van der Waals surface area contributed by atoms with Crippen molar-refractivity contribution >= 4 is 35.8 Å². The lowest BCUT2D eigenvalue weighted by molar-refractivity contribution is -0.264. The maximum atomic E-state index is 13.4. The van der Waals surface area contributed by atoms with Crippen LogP contribution in [-0.4, -0.2) is 91.4 Å². The molecule has 5 fully saturated rings. The van der Waals surface area contributed by atoms with Crippen LogP contribution in [0, 0.1) is 28.6 Å². The van der Waals surface area contributed by atoms with Crippen LogP contribution in [-0.2, 0) is 66.7 Å². The van der Waals surface area contributed by atoms with E-state index in [0.29, 0.717) is 25.7 Å². The Balaban J connectivity index is 1.42. The maximum Gasteiger partial charge on any atom is 0.309 e. The Morgan fingerprint density at radius 2 is 1.54 bits per heavy atom. The molecule has 0 aromatic rings. The predicted molar refractivity (Wildman–Crippen MR) is 161 cm³/mol. The first-order valence-corrected chi connectivity index (χ1v) is 16.8. The van der Waals surface area contributed by atoms with Gasteiger partial charge in [-0.3, -0.25) is 28.8 Å². The van der Waals surface area contributed by atoms with Crippen LogP contribution in [0.15, 0.2) is 0 Å². The van der Waals surface area contributed by atoms with Crippen molar-refractivity contribution in [1.29, 1.82) is 0 Å². The van der Waals surface area contributed by atoms with Crippen LogP contribution in [0.3, 0.4) is 0 Å². The molecule has 0 aromatic heterocycles. The van der Waals surface area contributed by atoms with Gasteiger partial charge in [0.2, 0.25) is 6.29 Å². The van der Waals surface area contributed by atoms with Crippen molar-refractivity contribution in [2.75, 3.05) is 13.2 Å². The lowest BCUT2D eigenvalue weighted by Gasteiger charge is -2.64. The van der Waals surface area contributed by atoms with E-state index in [1.54, 1.807) is 13.8 Å². The molecule has 2 saturated carbocycles. The van der Waals surface area contributed by atoms with Gasteiger partial charge in [-0.2, -0.15) is 0 Å². The fourth-order valence-corrected chi connectivity index (χ4v) is 9.08. The standard InChI is InChI=1S/C34H48O14/c1-17-8-27(46-22(6)37)34(16-41-28(38)9-19(3)44-29(39)10-18(2)43-20(4)35)25(13-24(45-21(5)36)14-33(34)15-42-33)32(17,7)26-11-23-12-30(40)48-31(23)47-26/h17-19,23-27,31H,8-16H2,1-7H3/t17-,18+,19+,23+,24-,25-,26+,27+,31-,32+,33+,34+/m1/s1. The van der Waals surface area contributed by atoms with Crippen molar-refractivity contribution in [1.82, 2.24) is 0 Å². The summed E-state index contributed by atoms with van der Waals surface area (Å²) < 4.78 is 46.4. The molecule has 0 amide bonds. The van der Waals surface area contributed by atoms with E-state index in [0.717, 1.165) is 0 Å². The summed E-state index contributed by atoms with van der Waals surface area (Å²) in [6.45, 7) is 11.4. The fraction of sp³-hybridized carbons (Fsp3) is 0.824. The SMILES string of the molecule is CC(=O)O[C@@H]1C[C@@H]2[C@@](C)([C@@H]3C[C@H]4CC(=O)O[C@H]4O3)[C@H](C)C[C@H](OC(C)=O)[C@@]2(COC(=O)C[C@H](C)OC(=O)C[C@H](C)OC(C)=O)[C@@]2(CO2)C1. The molecule has 5 rings (SSSR count). The van der Waals surface area contributed by atoms with Crippen LogP contribution < -0.4 is 0 Å².